The van der Waals surface area contributed by atoms with Crippen molar-refractivity contribution >= 4 is 22.8 Å². The number of hydrogen-bond donors (Lipinski definition) is 1. The number of furan rings is 1. The van der Waals surface area contributed by atoms with Crippen LogP contribution in [0.2, 0.25) is 0 Å². The minimum atomic E-state index is -0.657. The first-order chi connectivity index (χ1) is 11.3. The van der Waals surface area contributed by atoms with Crippen LogP contribution in [0.1, 0.15) is 36.9 Å². The van der Waals surface area contributed by atoms with E-state index in [0.717, 1.165) is 5.39 Å². The van der Waals surface area contributed by atoms with Gasteiger partial charge in [0.05, 0.1) is 7.11 Å². The molecule has 0 spiro atoms. The molecule has 1 amide bonds. The number of benzene rings is 1. The van der Waals surface area contributed by atoms with Crippen LogP contribution in [0.15, 0.2) is 22.6 Å². The zero-order chi connectivity index (χ0) is 17.9. The summed E-state index contributed by atoms with van der Waals surface area (Å²) in [6.07, 6.45) is 0. The fourth-order valence-corrected chi connectivity index (χ4v) is 2.18. The van der Waals surface area contributed by atoms with Gasteiger partial charge in [-0.25, -0.2) is 4.79 Å². The average molecular weight is 333 g/mol. The van der Waals surface area contributed by atoms with Gasteiger partial charge in [-0.2, -0.15) is 0 Å². The van der Waals surface area contributed by atoms with E-state index in [2.05, 4.69) is 5.32 Å². The quantitative estimate of drug-likeness (QED) is 0.822. The van der Waals surface area contributed by atoms with E-state index in [4.69, 9.17) is 13.9 Å². The number of ether oxygens (including phenoxy) is 2. The van der Waals surface area contributed by atoms with E-state index in [1.165, 1.54) is 0 Å². The molecule has 0 bridgehead atoms. The first-order valence-corrected chi connectivity index (χ1v) is 7.87. The second kappa shape index (κ2) is 7.38. The lowest BCUT2D eigenvalue weighted by Gasteiger charge is -2.17. The summed E-state index contributed by atoms with van der Waals surface area (Å²) in [6, 6.07) is 5.29. The smallest absolute Gasteiger partial charge is 0.375 e. The highest BCUT2D eigenvalue weighted by Gasteiger charge is 2.21. The monoisotopic (exact) mass is 333 g/mol. The average Bonchev–Trinajstić information content (AvgIpc) is 2.88. The van der Waals surface area contributed by atoms with E-state index in [1.807, 2.05) is 20.8 Å². The molecule has 0 radical (unpaired) electrons. The predicted octanol–water partition coefficient (Wildman–Crippen LogP) is 3.07. The van der Waals surface area contributed by atoms with E-state index in [0.29, 0.717) is 22.8 Å². The third kappa shape index (κ3) is 3.88. The van der Waals surface area contributed by atoms with Crippen molar-refractivity contribution in [2.45, 2.75) is 33.7 Å². The standard InChI is InChI=1S/C18H23NO5/c1-10(2)12(4)19-16(20)9-23-18(21)17-11(3)14-8-13(22-5)6-7-15(14)24-17/h6-8,10,12H,9H2,1-5H3,(H,19,20)/t12-/m0/s1. The van der Waals surface area contributed by atoms with E-state index >= 15 is 0 Å². The van der Waals surface area contributed by atoms with Gasteiger partial charge in [-0.1, -0.05) is 13.8 Å². The van der Waals surface area contributed by atoms with Gasteiger partial charge in [0.15, 0.2) is 6.61 Å². The third-order valence-corrected chi connectivity index (χ3v) is 4.05. The molecule has 1 atom stereocenters. The number of esters is 1. The van der Waals surface area contributed by atoms with Crippen molar-refractivity contribution in [3.05, 3.63) is 29.5 Å². The van der Waals surface area contributed by atoms with Gasteiger partial charge in [-0.15, -0.1) is 0 Å². The van der Waals surface area contributed by atoms with E-state index in [-0.39, 0.29) is 24.3 Å². The number of fused-ring (bicyclic) bond motifs is 1. The van der Waals surface area contributed by atoms with Gasteiger partial charge >= 0.3 is 5.97 Å². The summed E-state index contributed by atoms with van der Waals surface area (Å²) in [5, 5.41) is 3.56. The second-order valence-corrected chi connectivity index (χ2v) is 6.09. The van der Waals surface area contributed by atoms with Gasteiger partial charge in [0.25, 0.3) is 5.91 Å². The Morgan fingerprint density at radius 3 is 2.58 bits per heavy atom. The number of carbonyl (C=O) groups excluding carboxylic acids is 2. The number of nitrogens with one attached hydrogen (secondary N) is 1. The number of aryl methyl sites for hydroxylation is 1. The normalized spacial score (nSPS) is 12.2. The lowest BCUT2D eigenvalue weighted by atomic mass is 10.1. The van der Waals surface area contributed by atoms with Crippen molar-refractivity contribution in [1.29, 1.82) is 0 Å². The summed E-state index contributed by atoms with van der Waals surface area (Å²) in [6.45, 7) is 7.34. The maximum absolute atomic E-state index is 12.2. The first kappa shape index (κ1) is 17.8. The Balaban J connectivity index is 2.06. The van der Waals surface area contributed by atoms with E-state index in [9.17, 15) is 9.59 Å². The molecule has 6 nitrogen and oxygen atoms in total. The zero-order valence-corrected chi connectivity index (χ0v) is 14.6. The van der Waals surface area contributed by atoms with E-state index < -0.39 is 5.97 Å². The number of carbonyl (C=O) groups is 2. The lowest BCUT2D eigenvalue weighted by Crippen LogP contribution is -2.38. The molecule has 1 N–H and O–H groups in total. The van der Waals surface area contributed by atoms with Crippen LogP contribution < -0.4 is 10.1 Å². The molecule has 0 unspecified atom stereocenters. The largest absolute Gasteiger partial charge is 0.497 e. The minimum absolute atomic E-state index is 0.0107. The van der Waals surface area contributed by atoms with Gasteiger partial charge in [-0.3, -0.25) is 4.79 Å². The van der Waals surface area contributed by atoms with Crippen LogP contribution in [-0.2, 0) is 9.53 Å². The van der Waals surface area contributed by atoms with Gasteiger partial charge < -0.3 is 19.2 Å². The minimum Gasteiger partial charge on any atom is -0.497 e. The van der Waals surface area contributed by atoms with Gasteiger partial charge in [0, 0.05) is 17.0 Å². The molecule has 0 saturated carbocycles. The van der Waals surface area contributed by atoms with Crippen LogP contribution in [0.3, 0.4) is 0 Å². The molecule has 0 aliphatic heterocycles. The van der Waals surface area contributed by atoms with Crippen molar-refractivity contribution in [2.24, 2.45) is 5.92 Å². The molecule has 24 heavy (non-hydrogen) atoms. The molecule has 2 rings (SSSR count). The number of rotatable bonds is 6. The number of methoxy groups -OCH3 is 1. The Labute approximate surface area is 141 Å². The van der Waals surface area contributed by atoms with E-state index in [1.54, 1.807) is 32.2 Å². The highest BCUT2D eigenvalue weighted by molar-refractivity contribution is 5.97. The van der Waals surface area contributed by atoms with Gasteiger partial charge in [0.1, 0.15) is 11.3 Å². The summed E-state index contributed by atoms with van der Waals surface area (Å²) in [5.74, 6) is 0.0866. The summed E-state index contributed by atoms with van der Waals surface area (Å²) < 4.78 is 15.8. The fraction of sp³-hybridized carbons (Fsp3) is 0.444. The highest BCUT2D eigenvalue weighted by Crippen LogP contribution is 2.29. The predicted molar refractivity (Wildman–Crippen MR) is 90.2 cm³/mol. The van der Waals surface area contributed by atoms with Gasteiger partial charge in [-0.05, 0) is 38.0 Å². The molecular weight excluding hydrogens is 310 g/mol. The molecule has 2 aromatic rings. The summed E-state index contributed by atoms with van der Waals surface area (Å²) in [5.41, 5.74) is 1.22. The number of amides is 1. The zero-order valence-electron chi connectivity index (χ0n) is 14.6. The summed E-state index contributed by atoms with van der Waals surface area (Å²) in [7, 11) is 1.57. The Kier molecular flexibility index (Phi) is 5.49. The topological polar surface area (TPSA) is 77.8 Å². The molecule has 0 saturated heterocycles. The summed E-state index contributed by atoms with van der Waals surface area (Å²) in [4.78, 5) is 24.0. The molecule has 130 valence electrons. The molecule has 1 heterocycles. The van der Waals surface area contributed by atoms with Crippen molar-refractivity contribution in [2.75, 3.05) is 13.7 Å². The maximum atomic E-state index is 12.2. The SMILES string of the molecule is COc1ccc2oc(C(=O)OCC(=O)N[C@@H](C)C(C)C)c(C)c2c1. The lowest BCUT2D eigenvalue weighted by molar-refractivity contribution is -0.125. The summed E-state index contributed by atoms with van der Waals surface area (Å²) >= 11 is 0. The Bertz CT molecular complexity index is 747. The molecule has 1 aromatic heterocycles. The molecule has 6 heteroatoms. The Morgan fingerprint density at radius 1 is 1.25 bits per heavy atom. The first-order valence-electron chi connectivity index (χ1n) is 7.87. The third-order valence-electron chi connectivity index (χ3n) is 4.05. The van der Waals surface area contributed by atoms with Gasteiger partial charge in [0.2, 0.25) is 5.76 Å². The molecular formula is C18H23NO5. The molecule has 0 aliphatic rings. The van der Waals surface area contributed by atoms with Crippen LogP contribution in [0, 0.1) is 12.8 Å². The van der Waals surface area contributed by atoms with Crippen LogP contribution in [0.4, 0.5) is 0 Å². The van der Waals surface area contributed by atoms with Crippen LogP contribution in [0.5, 0.6) is 5.75 Å². The number of hydrogen-bond acceptors (Lipinski definition) is 5. The highest BCUT2D eigenvalue weighted by atomic mass is 16.5. The molecule has 0 fully saturated rings. The Hall–Kier alpha value is -2.50. The van der Waals surface area contributed by atoms with Crippen LogP contribution in [0.25, 0.3) is 11.0 Å². The van der Waals surface area contributed by atoms with Crippen LogP contribution >= 0.6 is 0 Å². The Morgan fingerprint density at radius 2 is 1.96 bits per heavy atom. The van der Waals surface area contributed by atoms with Crippen LogP contribution in [-0.4, -0.2) is 31.6 Å². The molecule has 1 aromatic carbocycles. The van der Waals surface area contributed by atoms with Crippen molar-refractivity contribution in [3.8, 4) is 5.75 Å². The molecule has 0 aliphatic carbocycles. The van der Waals surface area contributed by atoms with Crippen molar-refractivity contribution in [3.63, 3.8) is 0 Å². The second-order valence-electron chi connectivity index (χ2n) is 6.09. The van der Waals surface area contributed by atoms with Crippen molar-refractivity contribution in [1.82, 2.24) is 5.32 Å². The maximum Gasteiger partial charge on any atom is 0.375 e. The van der Waals surface area contributed by atoms with Crippen molar-refractivity contribution < 1.29 is 23.5 Å². The fourth-order valence-electron chi connectivity index (χ4n) is 2.18.